The molecule has 34 heavy (non-hydrogen) atoms. The van der Waals surface area contributed by atoms with Crippen LogP contribution in [0.3, 0.4) is 0 Å². The SMILES string of the molecule is C=CCn1c(COc2cccc(C)c2)nnc1SCC(=O)N(C)Cc1cccc(OC)c1OC. The molecule has 3 aromatic rings. The lowest BCUT2D eigenvalue weighted by molar-refractivity contribution is -0.127. The molecule has 0 bridgehead atoms. The summed E-state index contributed by atoms with van der Waals surface area (Å²) in [5.41, 5.74) is 1.99. The molecule has 0 aliphatic carbocycles. The second-order valence-electron chi connectivity index (χ2n) is 7.59. The molecule has 8 nitrogen and oxygen atoms in total. The minimum Gasteiger partial charge on any atom is -0.493 e. The van der Waals surface area contributed by atoms with Crippen molar-refractivity contribution in [1.29, 1.82) is 0 Å². The molecule has 1 amide bonds. The Morgan fingerprint density at radius 3 is 2.68 bits per heavy atom. The van der Waals surface area contributed by atoms with Crippen molar-refractivity contribution >= 4 is 17.7 Å². The fourth-order valence-corrected chi connectivity index (χ4v) is 4.26. The molecule has 180 valence electrons. The molecule has 0 unspecified atom stereocenters. The van der Waals surface area contributed by atoms with Crippen molar-refractivity contribution in [2.45, 2.75) is 31.8 Å². The maximum absolute atomic E-state index is 12.8. The van der Waals surface area contributed by atoms with E-state index in [1.807, 2.05) is 54.0 Å². The number of methoxy groups -OCH3 is 2. The van der Waals surface area contributed by atoms with Gasteiger partial charge in [-0.1, -0.05) is 42.1 Å². The lowest BCUT2D eigenvalue weighted by Crippen LogP contribution is -2.28. The van der Waals surface area contributed by atoms with Crippen LogP contribution < -0.4 is 14.2 Å². The van der Waals surface area contributed by atoms with Crippen molar-refractivity contribution < 1.29 is 19.0 Å². The van der Waals surface area contributed by atoms with Crippen LogP contribution in [0.4, 0.5) is 0 Å². The summed E-state index contributed by atoms with van der Waals surface area (Å²) >= 11 is 1.34. The molecule has 0 aliphatic heterocycles. The Morgan fingerprint density at radius 1 is 1.18 bits per heavy atom. The van der Waals surface area contributed by atoms with Gasteiger partial charge < -0.3 is 19.1 Å². The third-order valence-electron chi connectivity index (χ3n) is 5.11. The zero-order valence-corrected chi connectivity index (χ0v) is 20.8. The van der Waals surface area contributed by atoms with Gasteiger partial charge in [-0.05, 0) is 30.7 Å². The summed E-state index contributed by atoms with van der Waals surface area (Å²) in [6.07, 6.45) is 1.77. The van der Waals surface area contributed by atoms with E-state index in [2.05, 4.69) is 16.8 Å². The van der Waals surface area contributed by atoms with E-state index in [1.165, 1.54) is 11.8 Å². The molecule has 0 N–H and O–H groups in total. The number of allylic oxidation sites excluding steroid dienone is 1. The predicted octanol–water partition coefficient (Wildman–Crippen LogP) is 4.12. The molecule has 0 saturated heterocycles. The van der Waals surface area contributed by atoms with E-state index in [4.69, 9.17) is 14.2 Å². The van der Waals surface area contributed by atoms with Gasteiger partial charge in [0.15, 0.2) is 22.5 Å². The van der Waals surface area contributed by atoms with Gasteiger partial charge in [0, 0.05) is 25.7 Å². The fourth-order valence-electron chi connectivity index (χ4n) is 3.36. The summed E-state index contributed by atoms with van der Waals surface area (Å²) in [5, 5.41) is 9.18. The van der Waals surface area contributed by atoms with Gasteiger partial charge in [0.25, 0.3) is 0 Å². The Hall–Kier alpha value is -3.46. The summed E-state index contributed by atoms with van der Waals surface area (Å²) in [6, 6.07) is 13.5. The zero-order chi connectivity index (χ0) is 24.5. The normalized spacial score (nSPS) is 10.6. The van der Waals surface area contributed by atoms with Crippen LogP contribution in [-0.4, -0.2) is 52.6 Å². The first-order chi connectivity index (χ1) is 16.5. The summed E-state index contributed by atoms with van der Waals surface area (Å²) < 4.78 is 18.6. The zero-order valence-electron chi connectivity index (χ0n) is 20.0. The summed E-state index contributed by atoms with van der Waals surface area (Å²) in [6.45, 7) is 7.03. The highest BCUT2D eigenvalue weighted by Gasteiger charge is 2.18. The predicted molar refractivity (Wildman–Crippen MR) is 132 cm³/mol. The summed E-state index contributed by atoms with van der Waals surface area (Å²) in [5.74, 6) is 2.88. The largest absolute Gasteiger partial charge is 0.493 e. The van der Waals surface area contributed by atoms with E-state index in [1.54, 1.807) is 32.2 Å². The van der Waals surface area contributed by atoms with Crippen molar-refractivity contribution in [3.8, 4) is 17.2 Å². The molecule has 0 spiro atoms. The van der Waals surface area contributed by atoms with Crippen LogP contribution in [0.1, 0.15) is 17.0 Å². The quantitative estimate of drug-likeness (QED) is 0.284. The number of carbonyl (C=O) groups excluding carboxylic acids is 1. The van der Waals surface area contributed by atoms with Gasteiger partial charge in [-0.3, -0.25) is 9.36 Å². The maximum Gasteiger partial charge on any atom is 0.233 e. The minimum atomic E-state index is -0.0411. The second kappa shape index (κ2) is 12.1. The lowest BCUT2D eigenvalue weighted by atomic mass is 10.1. The first kappa shape index (κ1) is 25.2. The number of amides is 1. The maximum atomic E-state index is 12.8. The number of hydrogen-bond acceptors (Lipinski definition) is 7. The number of ether oxygens (including phenoxy) is 3. The van der Waals surface area contributed by atoms with E-state index < -0.39 is 0 Å². The van der Waals surface area contributed by atoms with Gasteiger partial charge in [-0.15, -0.1) is 16.8 Å². The van der Waals surface area contributed by atoms with Crippen LogP contribution >= 0.6 is 11.8 Å². The van der Waals surface area contributed by atoms with Gasteiger partial charge in [0.05, 0.1) is 20.0 Å². The van der Waals surface area contributed by atoms with Crippen LogP contribution in [0.15, 0.2) is 60.3 Å². The number of thioether (sulfide) groups is 1. The number of aryl methyl sites for hydroxylation is 1. The molecule has 0 aliphatic rings. The topological polar surface area (TPSA) is 78.7 Å². The third kappa shape index (κ3) is 6.32. The fraction of sp³-hybridized carbons (Fsp3) is 0.320. The molecule has 0 radical (unpaired) electrons. The molecular formula is C25H30N4O4S. The van der Waals surface area contributed by atoms with Gasteiger partial charge in [-0.2, -0.15) is 0 Å². The molecule has 0 fully saturated rings. The lowest BCUT2D eigenvalue weighted by Gasteiger charge is -2.19. The highest BCUT2D eigenvalue weighted by atomic mass is 32.2. The van der Waals surface area contributed by atoms with Gasteiger partial charge >= 0.3 is 0 Å². The molecule has 0 atom stereocenters. The van der Waals surface area contributed by atoms with E-state index in [0.29, 0.717) is 35.6 Å². The minimum absolute atomic E-state index is 0.0411. The Bertz CT molecular complexity index is 1130. The smallest absolute Gasteiger partial charge is 0.233 e. The summed E-state index contributed by atoms with van der Waals surface area (Å²) in [4.78, 5) is 14.5. The van der Waals surface area contributed by atoms with Gasteiger partial charge in [0.2, 0.25) is 5.91 Å². The van der Waals surface area contributed by atoms with Crippen LogP contribution in [0.25, 0.3) is 0 Å². The van der Waals surface area contributed by atoms with Crippen molar-refractivity contribution in [2.24, 2.45) is 0 Å². The molecular weight excluding hydrogens is 452 g/mol. The first-order valence-electron chi connectivity index (χ1n) is 10.8. The monoisotopic (exact) mass is 482 g/mol. The van der Waals surface area contributed by atoms with Crippen LogP contribution in [0.5, 0.6) is 17.2 Å². The number of carbonyl (C=O) groups is 1. The summed E-state index contributed by atoms with van der Waals surface area (Å²) in [7, 11) is 4.94. The molecule has 3 rings (SSSR count). The highest BCUT2D eigenvalue weighted by molar-refractivity contribution is 7.99. The number of hydrogen-bond donors (Lipinski definition) is 0. The molecule has 2 aromatic carbocycles. The van der Waals surface area contributed by atoms with Crippen molar-refractivity contribution in [3.05, 3.63) is 72.1 Å². The molecule has 0 saturated carbocycles. The van der Waals surface area contributed by atoms with Gasteiger partial charge in [0.1, 0.15) is 12.4 Å². The number of nitrogens with zero attached hydrogens (tertiary/aromatic N) is 4. The van der Waals surface area contributed by atoms with Gasteiger partial charge in [-0.25, -0.2) is 0 Å². The van der Waals surface area contributed by atoms with Crippen LogP contribution in [0.2, 0.25) is 0 Å². The molecule has 1 heterocycles. The van der Waals surface area contributed by atoms with E-state index in [9.17, 15) is 4.79 Å². The number of rotatable bonds is 12. The number of aromatic nitrogens is 3. The second-order valence-corrected chi connectivity index (χ2v) is 8.54. The van der Waals surface area contributed by atoms with Crippen LogP contribution in [-0.2, 0) is 24.5 Å². The Morgan fingerprint density at radius 2 is 1.97 bits per heavy atom. The number of benzene rings is 2. The van der Waals surface area contributed by atoms with Crippen molar-refractivity contribution in [3.63, 3.8) is 0 Å². The first-order valence-corrected chi connectivity index (χ1v) is 11.7. The van der Waals surface area contributed by atoms with Crippen LogP contribution in [0, 0.1) is 6.92 Å². The Labute approximate surface area is 204 Å². The number of para-hydroxylation sites is 1. The Balaban J connectivity index is 1.63. The van der Waals surface area contributed by atoms with Crippen molar-refractivity contribution in [1.82, 2.24) is 19.7 Å². The highest BCUT2D eigenvalue weighted by Crippen LogP contribution is 2.31. The van der Waals surface area contributed by atoms with E-state index in [-0.39, 0.29) is 18.3 Å². The van der Waals surface area contributed by atoms with E-state index in [0.717, 1.165) is 16.9 Å². The van der Waals surface area contributed by atoms with Crippen molar-refractivity contribution in [2.75, 3.05) is 27.0 Å². The molecule has 1 aromatic heterocycles. The third-order valence-corrected chi connectivity index (χ3v) is 6.06. The average Bonchev–Trinajstić information content (AvgIpc) is 3.22. The molecule has 9 heteroatoms. The Kier molecular flexibility index (Phi) is 8.98. The average molecular weight is 483 g/mol. The van der Waals surface area contributed by atoms with E-state index >= 15 is 0 Å². The standard InChI is InChI=1S/C25H30N4O4S/c1-6-13-29-22(16-33-20-11-7-9-18(2)14-20)26-27-25(29)34-17-23(30)28(3)15-19-10-8-12-21(31-4)24(19)32-5/h6-12,14H,1,13,15-17H2,2-5H3.